The fourth-order valence-corrected chi connectivity index (χ4v) is 2.11. The molecular weight excluding hydrogens is 210 g/mol. The SMILES string of the molecule is O=[N+]([O-])c1ccc2c(c1)NS(=O)(=O)N2. The predicted molar refractivity (Wildman–Crippen MR) is 49.3 cm³/mol. The molecule has 0 spiro atoms. The van der Waals surface area contributed by atoms with Crippen molar-refractivity contribution in [3.8, 4) is 0 Å². The second kappa shape index (κ2) is 2.58. The fourth-order valence-electron chi connectivity index (χ4n) is 1.13. The number of fused-ring (bicyclic) bond motifs is 1. The summed E-state index contributed by atoms with van der Waals surface area (Å²) in [5.41, 5.74) is 0.352. The van der Waals surface area contributed by atoms with Crippen LogP contribution in [0, 0.1) is 10.1 Å². The molecule has 1 aliphatic heterocycles. The van der Waals surface area contributed by atoms with Crippen molar-refractivity contribution in [3.63, 3.8) is 0 Å². The molecule has 0 saturated carbocycles. The standard InChI is InChI=1S/C6H5N3O4S/c10-9(11)4-1-2-5-6(3-4)8-14(12,13)7-5/h1-3,7-8H. The van der Waals surface area contributed by atoms with E-state index in [0.717, 1.165) is 6.07 Å². The van der Waals surface area contributed by atoms with E-state index in [-0.39, 0.29) is 11.4 Å². The lowest BCUT2D eigenvalue weighted by molar-refractivity contribution is -0.384. The summed E-state index contributed by atoms with van der Waals surface area (Å²) in [6.07, 6.45) is 0. The highest BCUT2D eigenvalue weighted by atomic mass is 32.2. The predicted octanol–water partition coefficient (Wildman–Crippen LogP) is 0.677. The average molecular weight is 215 g/mol. The van der Waals surface area contributed by atoms with Crippen molar-refractivity contribution in [3.05, 3.63) is 28.3 Å². The second-order valence-electron chi connectivity index (χ2n) is 2.69. The number of nitrogens with zero attached hydrogens (tertiary/aromatic N) is 1. The first-order valence-corrected chi connectivity index (χ1v) is 5.05. The van der Waals surface area contributed by atoms with Crippen LogP contribution in [0.25, 0.3) is 0 Å². The van der Waals surface area contributed by atoms with Gasteiger partial charge in [-0.2, -0.15) is 8.42 Å². The molecule has 0 unspecified atom stereocenters. The molecule has 74 valence electrons. The Hall–Kier alpha value is -1.83. The van der Waals surface area contributed by atoms with E-state index in [1.54, 1.807) is 0 Å². The Balaban J connectivity index is 2.50. The lowest BCUT2D eigenvalue weighted by Crippen LogP contribution is -2.12. The minimum absolute atomic E-state index is 0.157. The van der Waals surface area contributed by atoms with Gasteiger partial charge in [0.05, 0.1) is 16.3 Å². The van der Waals surface area contributed by atoms with Crippen molar-refractivity contribution >= 4 is 27.3 Å². The molecule has 2 rings (SSSR count). The van der Waals surface area contributed by atoms with Gasteiger partial charge in [0.25, 0.3) is 5.69 Å². The van der Waals surface area contributed by atoms with Crippen LogP contribution in [0.15, 0.2) is 18.2 Å². The van der Waals surface area contributed by atoms with Crippen LogP contribution in [0.4, 0.5) is 17.1 Å². The third kappa shape index (κ3) is 1.35. The number of hydrogen-bond acceptors (Lipinski definition) is 4. The summed E-state index contributed by atoms with van der Waals surface area (Å²) < 4.78 is 26.3. The summed E-state index contributed by atoms with van der Waals surface area (Å²) in [5, 5.41) is 10.4. The van der Waals surface area contributed by atoms with Gasteiger partial charge < -0.3 is 0 Å². The van der Waals surface area contributed by atoms with E-state index in [9.17, 15) is 18.5 Å². The first-order valence-electron chi connectivity index (χ1n) is 3.57. The van der Waals surface area contributed by atoms with Crippen molar-refractivity contribution in [1.29, 1.82) is 0 Å². The number of nitro benzene ring substituents is 1. The molecule has 8 heteroatoms. The summed E-state index contributed by atoms with van der Waals surface area (Å²) in [7, 11) is -3.57. The lowest BCUT2D eigenvalue weighted by Gasteiger charge is -1.94. The molecule has 0 fully saturated rings. The van der Waals surface area contributed by atoms with E-state index in [0.29, 0.717) is 5.69 Å². The van der Waals surface area contributed by atoms with E-state index >= 15 is 0 Å². The maximum absolute atomic E-state index is 11.0. The van der Waals surface area contributed by atoms with Gasteiger partial charge in [0, 0.05) is 12.1 Å². The van der Waals surface area contributed by atoms with Crippen LogP contribution < -0.4 is 9.44 Å². The molecule has 0 aliphatic carbocycles. The largest absolute Gasteiger partial charge is 0.321 e. The molecule has 0 bridgehead atoms. The molecule has 0 aromatic heterocycles. The molecule has 1 aromatic rings. The molecule has 0 radical (unpaired) electrons. The van der Waals surface area contributed by atoms with E-state index in [1.165, 1.54) is 12.1 Å². The van der Waals surface area contributed by atoms with Crippen molar-refractivity contribution in [2.24, 2.45) is 0 Å². The molecule has 1 aliphatic rings. The average Bonchev–Trinajstić information content (AvgIpc) is 2.36. The van der Waals surface area contributed by atoms with Gasteiger partial charge in [-0.3, -0.25) is 19.6 Å². The first kappa shape index (κ1) is 8.75. The van der Waals surface area contributed by atoms with E-state index in [1.807, 2.05) is 0 Å². The number of benzene rings is 1. The number of nitrogens with one attached hydrogen (secondary N) is 2. The highest BCUT2D eigenvalue weighted by Gasteiger charge is 2.24. The minimum atomic E-state index is -3.57. The molecular formula is C6H5N3O4S. The number of non-ortho nitro benzene ring substituents is 1. The van der Waals surface area contributed by atoms with Gasteiger partial charge >= 0.3 is 10.2 Å². The number of nitro groups is 1. The molecule has 0 atom stereocenters. The maximum atomic E-state index is 11.0. The van der Waals surface area contributed by atoms with Crippen LogP contribution in [0.2, 0.25) is 0 Å². The molecule has 14 heavy (non-hydrogen) atoms. The normalized spacial score (nSPS) is 16.6. The maximum Gasteiger partial charge on any atom is 0.321 e. The summed E-state index contributed by atoms with van der Waals surface area (Å²) in [6, 6.07) is 3.73. The highest BCUT2D eigenvalue weighted by Crippen LogP contribution is 2.32. The van der Waals surface area contributed by atoms with Crippen LogP contribution in [0.3, 0.4) is 0 Å². The molecule has 2 N–H and O–H groups in total. The molecule has 1 heterocycles. The summed E-state index contributed by atoms with van der Waals surface area (Å²) in [5.74, 6) is 0. The Morgan fingerprint density at radius 3 is 2.50 bits per heavy atom. The lowest BCUT2D eigenvalue weighted by atomic mass is 10.2. The molecule has 1 aromatic carbocycles. The Bertz CT molecular complexity index is 510. The molecule has 0 amide bonds. The van der Waals surface area contributed by atoms with Crippen LogP contribution in [0.5, 0.6) is 0 Å². The number of anilines is 2. The van der Waals surface area contributed by atoms with E-state index < -0.39 is 15.1 Å². The minimum Gasteiger partial charge on any atom is -0.265 e. The van der Waals surface area contributed by atoms with Gasteiger partial charge in [0.1, 0.15) is 0 Å². The topological polar surface area (TPSA) is 101 Å². The third-order valence-electron chi connectivity index (χ3n) is 1.70. The molecule has 0 saturated heterocycles. The van der Waals surface area contributed by atoms with Gasteiger partial charge in [-0.25, -0.2) is 0 Å². The zero-order valence-corrected chi connectivity index (χ0v) is 7.54. The monoisotopic (exact) mass is 215 g/mol. The Kier molecular flexibility index (Phi) is 1.61. The van der Waals surface area contributed by atoms with Crippen LogP contribution in [-0.2, 0) is 10.2 Å². The van der Waals surface area contributed by atoms with E-state index in [2.05, 4.69) is 9.44 Å². The van der Waals surface area contributed by atoms with Gasteiger partial charge in [-0.05, 0) is 6.07 Å². The van der Waals surface area contributed by atoms with Gasteiger partial charge in [0.2, 0.25) is 0 Å². The quantitative estimate of drug-likeness (QED) is 0.531. The first-order chi connectivity index (χ1) is 6.48. The van der Waals surface area contributed by atoms with Gasteiger partial charge in [-0.1, -0.05) is 0 Å². The highest BCUT2D eigenvalue weighted by molar-refractivity contribution is 7.94. The Labute approximate surface area is 79.1 Å². The summed E-state index contributed by atoms with van der Waals surface area (Å²) in [6.45, 7) is 0. The molecule has 7 nitrogen and oxygen atoms in total. The number of rotatable bonds is 1. The zero-order chi connectivity index (χ0) is 10.3. The smallest absolute Gasteiger partial charge is 0.265 e. The van der Waals surface area contributed by atoms with Crippen molar-refractivity contribution in [2.45, 2.75) is 0 Å². The summed E-state index contributed by atoms with van der Waals surface area (Å²) >= 11 is 0. The van der Waals surface area contributed by atoms with Crippen molar-refractivity contribution in [2.75, 3.05) is 9.44 Å². The van der Waals surface area contributed by atoms with Crippen LogP contribution >= 0.6 is 0 Å². The fraction of sp³-hybridized carbons (Fsp3) is 0. The Morgan fingerprint density at radius 2 is 1.86 bits per heavy atom. The van der Waals surface area contributed by atoms with Crippen molar-refractivity contribution in [1.82, 2.24) is 0 Å². The Morgan fingerprint density at radius 1 is 1.21 bits per heavy atom. The second-order valence-corrected chi connectivity index (χ2v) is 4.11. The van der Waals surface area contributed by atoms with Gasteiger partial charge in [0.15, 0.2) is 0 Å². The van der Waals surface area contributed by atoms with Gasteiger partial charge in [-0.15, -0.1) is 0 Å². The van der Waals surface area contributed by atoms with E-state index in [4.69, 9.17) is 0 Å². The van der Waals surface area contributed by atoms with Crippen LogP contribution in [0.1, 0.15) is 0 Å². The number of hydrogen-bond donors (Lipinski definition) is 2. The summed E-state index contributed by atoms with van der Waals surface area (Å²) in [4.78, 5) is 9.78. The van der Waals surface area contributed by atoms with Crippen LogP contribution in [-0.4, -0.2) is 13.3 Å². The zero-order valence-electron chi connectivity index (χ0n) is 6.72. The van der Waals surface area contributed by atoms with Crippen molar-refractivity contribution < 1.29 is 13.3 Å². The third-order valence-corrected chi connectivity index (χ3v) is 2.68.